The fourth-order valence-corrected chi connectivity index (χ4v) is 4.53. The number of hydrogen-bond acceptors (Lipinski definition) is 4. The highest BCUT2D eigenvalue weighted by molar-refractivity contribution is 7.89. The molecule has 4 aromatic rings. The van der Waals surface area contributed by atoms with Crippen LogP contribution in [0, 0.1) is 0 Å². The van der Waals surface area contributed by atoms with E-state index in [1.54, 1.807) is 10.6 Å². The van der Waals surface area contributed by atoms with Crippen LogP contribution in [0.5, 0.6) is 0 Å². The molecule has 0 saturated carbocycles. The molecule has 9 heteroatoms. The van der Waals surface area contributed by atoms with E-state index in [0.29, 0.717) is 17.2 Å². The third kappa shape index (κ3) is 3.93. The van der Waals surface area contributed by atoms with E-state index in [9.17, 15) is 13.2 Å². The van der Waals surface area contributed by atoms with Gasteiger partial charge in [-0.1, -0.05) is 48.0 Å². The van der Waals surface area contributed by atoms with Crippen molar-refractivity contribution in [2.45, 2.75) is 4.90 Å². The van der Waals surface area contributed by atoms with E-state index in [-0.39, 0.29) is 15.5 Å². The maximum Gasteiger partial charge on any atom is 0.256 e. The zero-order valence-electron chi connectivity index (χ0n) is 16.8. The Kier molecular flexibility index (Phi) is 5.53. The Labute approximate surface area is 185 Å². The molecular weight excluding hydrogens is 436 g/mol. The van der Waals surface area contributed by atoms with Crippen LogP contribution in [0.25, 0.3) is 16.9 Å². The lowest BCUT2D eigenvalue weighted by Gasteiger charge is -2.14. The Morgan fingerprint density at radius 1 is 1.03 bits per heavy atom. The number of rotatable bonds is 5. The van der Waals surface area contributed by atoms with Crippen molar-refractivity contribution in [1.82, 2.24) is 13.7 Å². The summed E-state index contributed by atoms with van der Waals surface area (Å²) in [6.45, 7) is 0. The van der Waals surface area contributed by atoms with Crippen molar-refractivity contribution in [3.63, 3.8) is 0 Å². The summed E-state index contributed by atoms with van der Waals surface area (Å²) in [5.74, 6) is 0.00785. The molecule has 0 aliphatic carbocycles. The highest BCUT2D eigenvalue weighted by atomic mass is 35.5. The van der Waals surface area contributed by atoms with E-state index in [2.05, 4.69) is 10.3 Å². The molecule has 1 N–H and O–H groups in total. The first-order chi connectivity index (χ1) is 14.8. The molecule has 0 atom stereocenters. The smallest absolute Gasteiger partial charge is 0.256 e. The van der Waals surface area contributed by atoms with Gasteiger partial charge in [0.05, 0.1) is 5.02 Å². The number of anilines is 1. The molecule has 2 aromatic carbocycles. The second-order valence-electron chi connectivity index (χ2n) is 6.99. The molecule has 0 spiro atoms. The zero-order valence-corrected chi connectivity index (χ0v) is 18.4. The average Bonchev–Trinajstić information content (AvgIpc) is 3.13. The number of fused-ring (bicyclic) bond motifs is 1. The van der Waals surface area contributed by atoms with Crippen molar-refractivity contribution in [3.05, 3.63) is 83.5 Å². The van der Waals surface area contributed by atoms with E-state index in [0.717, 1.165) is 9.87 Å². The minimum Gasteiger partial charge on any atom is -0.306 e. The van der Waals surface area contributed by atoms with Crippen molar-refractivity contribution >= 4 is 39.0 Å². The maximum absolute atomic E-state index is 13.1. The summed E-state index contributed by atoms with van der Waals surface area (Å²) in [5, 5.41) is 2.93. The lowest BCUT2D eigenvalue weighted by Crippen LogP contribution is -2.23. The number of aromatic nitrogens is 2. The monoisotopic (exact) mass is 454 g/mol. The van der Waals surface area contributed by atoms with Crippen molar-refractivity contribution in [1.29, 1.82) is 0 Å². The molecule has 0 radical (unpaired) electrons. The van der Waals surface area contributed by atoms with Crippen LogP contribution >= 0.6 is 11.6 Å². The predicted molar refractivity (Wildman–Crippen MR) is 121 cm³/mol. The summed E-state index contributed by atoms with van der Waals surface area (Å²) in [4.78, 5) is 17.6. The molecule has 158 valence electrons. The van der Waals surface area contributed by atoms with E-state index < -0.39 is 15.9 Å². The fourth-order valence-electron chi connectivity index (χ4n) is 3.13. The number of carbonyl (C=O) groups is 1. The van der Waals surface area contributed by atoms with Gasteiger partial charge in [-0.25, -0.2) is 17.7 Å². The second-order valence-corrected chi connectivity index (χ2v) is 9.52. The summed E-state index contributed by atoms with van der Waals surface area (Å²) in [5.41, 5.74) is 2.28. The Hall–Kier alpha value is -3.20. The molecule has 0 fully saturated rings. The summed E-state index contributed by atoms with van der Waals surface area (Å²) in [7, 11) is -0.996. The minimum atomic E-state index is -3.81. The summed E-state index contributed by atoms with van der Waals surface area (Å²) in [6.07, 6.45) is 1.80. The summed E-state index contributed by atoms with van der Waals surface area (Å²) < 4.78 is 27.9. The number of carbonyl (C=O) groups excluding carboxylic acids is 1. The molecule has 4 rings (SSSR count). The van der Waals surface area contributed by atoms with Gasteiger partial charge < -0.3 is 5.32 Å². The number of nitrogens with one attached hydrogen (secondary N) is 1. The van der Waals surface area contributed by atoms with Gasteiger partial charge in [-0.05, 0) is 30.3 Å². The number of benzene rings is 2. The van der Waals surface area contributed by atoms with Crippen LogP contribution in [-0.4, -0.2) is 42.1 Å². The first-order valence-corrected chi connectivity index (χ1v) is 11.2. The fraction of sp³-hybridized carbons (Fsp3) is 0.0909. The minimum absolute atomic E-state index is 0.0463. The first-order valence-electron chi connectivity index (χ1n) is 9.35. The molecule has 2 aromatic heterocycles. The molecule has 0 aliphatic rings. The van der Waals surface area contributed by atoms with Gasteiger partial charge in [0.2, 0.25) is 10.0 Å². The van der Waals surface area contributed by atoms with Crippen LogP contribution in [0.15, 0.2) is 77.8 Å². The van der Waals surface area contributed by atoms with Crippen molar-refractivity contribution in [2.24, 2.45) is 0 Å². The number of halogens is 1. The van der Waals surface area contributed by atoms with Gasteiger partial charge in [0.1, 0.15) is 22.1 Å². The maximum atomic E-state index is 13.1. The topological polar surface area (TPSA) is 83.8 Å². The van der Waals surface area contributed by atoms with Gasteiger partial charge in [-0.2, -0.15) is 0 Å². The molecule has 2 heterocycles. The van der Waals surface area contributed by atoms with E-state index in [4.69, 9.17) is 11.6 Å². The number of pyridine rings is 1. The third-order valence-electron chi connectivity index (χ3n) is 4.76. The van der Waals surface area contributed by atoms with E-state index in [1.807, 2.05) is 48.5 Å². The van der Waals surface area contributed by atoms with Crippen LogP contribution in [0.3, 0.4) is 0 Å². The van der Waals surface area contributed by atoms with E-state index >= 15 is 0 Å². The molecule has 0 aliphatic heterocycles. The standard InChI is InChI=1S/C22H19ClN4O3S/c1-26(2)31(29,30)18-14-16(11-12-17(18)23)22(28)25-21-20(15-8-4-3-5-9-15)24-19-10-6-7-13-27(19)21/h3-14H,1-2H3,(H,25,28). The number of imidazole rings is 1. The Morgan fingerprint density at radius 3 is 2.45 bits per heavy atom. The van der Waals surface area contributed by atoms with Gasteiger partial charge in [0.15, 0.2) is 0 Å². The Morgan fingerprint density at radius 2 is 1.74 bits per heavy atom. The quantitative estimate of drug-likeness (QED) is 0.490. The normalized spacial score (nSPS) is 11.7. The van der Waals surface area contributed by atoms with Gasteiger partial charge in [0, 0.05) is 31.4 Å². The molecule has 7 nitrogen and oxygen atoms in total. The van der Waals surface area contributed by atoms with Crippen LogP contribution in [0.1, 0.15) is 10.4 Å². The molecule has 31 heavy (non-hydrogen) atoms. The Bertz CT molecular complexity index is 1380. The SMILES string of the molecule is CN(C)S(=O)(=O)c1cc(C(=O)Nc2c(-c3ccccc3)nc3ccccn23)ccc1Cl. The number of amides is 1. The predicted octanol–water partition coefficient (Wildman–Crippen LogP) is 4.16. The van der Waals surface area contributed by atoms with Gasteiger partial charge in [-0.3, -0.25) is 9.20 Å². The number of nitrogens with zero attached hydrogens (tertiary/aromatic N) is 3. The lowest BCUT2D eigenvalue weighted by molar-refractivity contribution is 0.102. The summed E-state index contributed by atoms with van der Waals surface area (Å²) in [6, 6.07) is 19.2. The molecular formula is C22H19ClN4O3S. The van der Waals surface area contributed by atoms with Crippen molar-refractivity contribution < 1.29 is 13.2 Å². The molecule has 1 amide bonds. The highest BCUT2D eigenvalue weighted by Crippen LogP contribution is 2.30. The van der Waals surface area contributed by atoms with Crippen molar-refractivity contribution in [3.8, 4) is 11.3 Å². The first kappa shape index (κ1) is 21.0. The highest BCUT2D eigenvalue weighted by Gasteiger charge is 2.23. The molecule has 0 bridgehead atoms. The molecule has 0 unspecified atom stereocenters. The largest absolute Gasteiger partial charge is 0.306 e. The van der Waals surface area contributed by atoms with Crippen LogP contribution < -0.4 is 5.32 Å². The van der Waals surface area contributed by atoms with Gasteiger partial charge >= 0.3 is 0 Å². The van der Waals surface area contributed by atoms with Gasteiger partial charge in [-0.15, -0.1) is 0 Å². The number of hydrogen-bond donors (Lipinski definition) is 1. The average molecular weight is 455 g/mol. The molecule has 0 saturated heterocycles. The summed E-state index contributed by atoms with van der Waals surface area (Å²) >= 11 is 6.10. The Balaban J connectivity index is 1.78. The van der Waals surface area contributed by atoms with Crippen LogP contribution in [-0.2, 0) is 10.0 Å². The van der Waals surface area contributed by atoms with E-state index in [1.165, 1.54) is 32.3 Å². The zero-order chi connectivity index (χ0) is 22.2. The third-order valence-corrected chi connectivity index (χ3v) is 7.06. The lowest BCUT2D eigenvalue weighted by atomic mass is 10.1. The van der Waals surface area contributed by atoms with Crippen LogP contribution in [0.2, 0.25) is 5.02 Å². The van der Waals surface area contributed by atoms with Gasteiger partial charge in [0.25, 0.3) is 5.91 Å². The second kappa shape index (κ2) is 8.14. The number of sulfonamides is 1. The van der Waals surface area contributed by atoms with Crippen LogP contribution in [0.4, 0.5) is 5.82 Å². The van der Waals surface area contributed by atoms with Crippen molar-refractivity contribution in [2.75, 3.05) is 19.4 Å².